The second-order valence-corrected chi connectivity index (χ2v) is 8.53. The second-order valence-electron chi connectivity index (χ2n) is 8.16. The first kappa shape index (κ1) is 26.2. The lowest BCUT2D eigenvalue weighted by molar-refractivity contribution is -0.142. The van der Waals surface area contributed by atoms with E-state index in [1.165, 1.54) is 0 Å². The van der Waals surface area contributed by atoms with Crippen molar-refractivity contribution < 1.29 is 24.3 Å². The van der Waals surface area contributed by atoms with E-state index in [0.717, 1.165) is 16.5 Å². The molecule has 0 aliphatic carbocycles. The van der Waals surface area contributed by atoms with Crippen LogP contribution in [-0.4, -0.2) is 64.2 Å². The molecule has 3 amide bonds. The summed E-state index contributed by atoms with van der Waals surface area (Å²) < 4.78 is 0. The molecule has 0 aliphatic heterocycles. The highest BCUT2D eigenvalue weighted by molar-refractivity contribution is 7.80. The standard InChI is InChI=1S/C22H31N5O5S/c1-12(2)7-16(26-21(30)18(11-33)25-19(28)9-23)20(29)27-17(22(31)32)8-13-10-24-15-6-4-3-5-14(13)15/h3-6,10,12,16-18,24,33H,7-9,11,23H2,1-2H3,(H,25,28)(H,26,30)(H,27,29)(H,31,32). The van der Waals surface area contributed by atoms with E-state index in [1.54, 1.807) is 6.20 Å². The van der Waals surface area contributed by atoms with Gasteiger partial charge in [-0.15, -0.1) is 0 Å². The summed E-state index contributed by atoms with van der Waals surface area (Å²) >= 11 is 4.08. The first-order valence-corrected chi connectivity index (χ1v) is 11.3. The Bertz CT molecular complexity index is 992. The number of thiol groups is 1. The number of hydrogen-bond donors (Lipinski definition) is 7. The molecule has 0 saturated carbocycles. The lowest BCUT2D eigenvalue weighted by Gasteiger charge is -2.25. The fourth-order valence-corrected chi connectivity index (χ4v) is 3.67. The second kappa shape index (κ2) is 12.3. The molecule has 1 heterocycles. The van der Waals surface area contributed by atoms with Gasteiger partial charge in [-0.1, -0.05) is 32.0 Å². The third-order valence-corrected chi connectivity index (χ3v) is 5.44. The number of rotatable bonds is 12. The molecule has 2 rings (SSSR count). The van der Waals surface area contributed by atoms with Crippen LogP contribution < -0.4 is 21.7 Å². The van der Waals surface area contributed by atoms with E-state index in [-0.39, 0.29) is 31.1 Å². The highest BCUT2D eigenvalue weighted by atomic mass is 32.1. The van der Waals surface area contributed by atoms with Crippen LogP contribution in [0.4, 0.5) is 0 Å². The van der Waals surface area contributed by atoms with Gasteiger partial charge in [0.25, 0.3) is 0 Å². The molecule has 0 aliphatic rings. The zero-order chi connectivity index (χ0) is 24.5. The van der Waals surface area contributed by atoms with E-state index in [2.05, 4.69) is 33.6 Å². The number of aromatic nitrogens is 1. The van der Waals surface area contributed by atoms with Crippen LogP contribution in [0.25, 0.3) is 10.9 Å². The van der Waals surface area contributed by atoms with Crippen LogP contribution in [0.3, 0.4) is 0 Å². The SMILES string of the molecule is CC(C)CC(NC(=O)C(CS)NC(=O)CN)C(=O)NC(Cc1c[nH]c2ccccc12)C(=O)O. The number of fused-ring (bicyclic) bond motifs is 1. The van der Waals surface area contributed by atoms with Crippen LogP contribution in [0.2, 0.25) is 0 Å². The van der Waals surface area contributed by atoms with E-state index < -0.39 is 41.8 Å². The molecule has 3 atom stereocenters. The molecule has 0 saturated heterocycles. The van der Waals surface area contributed by atoms with E-state index >= 15 is 0 Å². The molecule has 7 N–H and O–H groups in total. The van der Waals surface area contributed by atoms with Crippen LogP contribution in [0.15, 0.2) is 30.5 Å². The number of hydrogen-bond acceptors (Lipinski definition) is 6. The maximum Gasteiger partial charge on any atom is 0.326 e. The average Bonchev–Trinajstić information content (AvgIpc) is 3.18. The number of aliphatic carboxylic acids is 1. The number of aromatic amines is 1. The molecule has 0 spiro atoms. The van der Waals surface area contributed by atoms with Crippen molar-refractivity contribution in [3.05, 3.63) is 36.0 Å². The largest absolute Gasteiger partial charge is 0.480 e. The van der Waals surface area contributed by atoms with Gasteiger partial charge in [-0.2, -0.15) is 12.6 Å². The molecule has 0 radical (unpaired) electrons. The molecule has 1 aromatic heterocycles. The topological polar surface area (TPSA) is 166 Å². The minimum atomic E-state index is -1.19. The Morgan fingerprint density at radius 2 is 1.67 bits per heavy atom. The summed E-state index contributed by atoms with van der Waals surface area (Å²) in [5.41, 5.74) is 6.89. The Balaban J connectivity index is 2.14. The number of carbonyl (C=O) groups excluding carboxylic acids is 3. The maximum atomic E-state index is 13.0. The molecule has 10 nitrogen and oxygen atoms in total. The van der Waals surface area contributed by atoms with Crippen LogP contribution in [0.5, 0.6) is 0 Å². The van der Waals surface area contributed by atoms with Gasteiger partial charge in [0.2, 0.25) is 17.7 Å². The van der Waals surface area contributed by atoms with Crippen molar-refractivity contribution in [1.29, 1.82) is 0 Å². The van der Waals surface area contributed by atoms with Crippen molar-refractivity contribution in [2.75, 3.05) is 12.3 Å². The number of benzene rings is 1. The Labute approximate surface area is 197 Å². The first-order valence-electron chi connectivity index (χ1n) is 10.6. The van der Waals surface area contributed by atoms with Gasteiger partial charge in [-0.05, 0) is 24.0 Å². The molecular weight excluding hydrogens is 446 g/mol. The predicted octanol–water partition coefficient (Wildman–Crippen LogP) is 0.184. The summed E-state index contributed by atoms with van der Waals surface area (Å²) in [5, 5.41) is 18.2. The first-order chi connectivity index (χ1) is 15.7. The minimum Gasteiger partial charge on any atom is -0.480 e. The highest BCUT2D eigenvalue weighted by Crippen LogP contribution is 2.19. The number of carboxylic acids is 1. The van der Waals surface area contributed by atoms with Gasteiger partial charge in [-0.3, -0.25) is 14.4 Å². The van der Waals surface area contributed by atoms with Crippen molar-refractivity contribution >= 4 is 47.2 Å². The van der Waals surface area contributed by atoms with Crippen molar-refractivity contribution in [3.63, 3.8) is 0 Å². The maximum absolute atomic E-state index is 13.0. The fraction of sp³-hybridized carbons (Fsp3) is 0.455. The number of H-pyrrole nitrogens is 1. The van der Waals surface area contributed by atoms with Gasteiger partial charge in [0.1, 0.15) is 18.1 Å². The van der Waals surface area contributed by atoms with Crippen LogP contribution in [-0.2, 0) is 25.6 Å². The lowest BCUT2D eigenvalue weighted by atomic mass is 10.0. The molecule has 1 aromatic carbocycles. The summed E-state index contributed by atoms with van der Waals surface area (Å²) in [6.07, 6.45) is 2.07. The summed E-state index contributed by atoms with van der Waals surface area (Å²) in [6.45, 7) is 3.46. The van der Waals surface area contributed by atoms with E-state index in [4.69, 9.17) is 5.73 Å². The predicted molar refractivity (Wildman–Crippen MR) is 128 cm³/mol. The van der Waals surface area contributed by atoms with Crippen molar-refractivity contribution in [2.24, 2.45) is 11.7 Å². The third kappa shape index (κ3) is 7.50. The Morgan fingerprint density at radius 1 is 1.03 bits per heavy atom. The molecule has 0 fully saturated rings. The van der Waals surface area contributed by atoms with Crippen LogP contribution in [0.1, 0.15) is 25.8 Å². The Morgan fingerprint density at radius 3 is 2.27 bits per heavy atom. The zero-order valence-electron chi connectivity index (χ0n) is 18.6. The van der Waals surface area contributed by atoms with Gasteiger partial charge in [-0.25, -0.2) is 4.79 Å². The van der Waals surface area contributed by atoms with Crippen LogP contribution in [0, 0.1) is 5.92 Å². The molecule has 0 bridgehead atoms. The van der Waals surface area contributed by atoms with Gasteiger partial charge >= 0.3 is 5.97 Å². The molecule has 2 aromatic rings. The monoisotopic (exact) mass is 477 g/mol. The highest BCUT2D eigenvalue weighted by Gasteiger charge is 2.30. The van der Waals surface area contributed by atoms with Gasteiger partial charge < -0.3 is 31.8 Å². The number of nitrogens with one attached hydrogen (secondary N) is 4. The number of amides is 3. The number of carbonyl (C=O) groups is 4. The number of nitrogens with two attached hydrogens (primary N) is 1. The lowest BCUT2D eigenvalue weighted by Crippen LogP contribution is -2.57. The molecule has 33 heavy (non-hydrogen) atoms. The molecule has 3 unspecified atom stereocenters. The molecular formula is C22H31N5O5S. The van der Waals surface area contributed by atoms with Crippen molar-refractivity contribution in [2.45, 2.75) is 44.8 Å². The normalized spacial score (nSPS) is 13.8. The van der Waals surface area contributed by atoms with E-state index in [0.29, 0.717) is 0 Å². The molecule has 11 heteroatoms. The summed E-state index contributed by atoms with van der Waals surface area (Å²) in [5.74, 6) is -2.90. The van der Waals surface area contributed by atoms with Gasteiger partial charge in [0.15, 0.2) is 0 Å². The van der Waals surface area contributed by atoms with Crippen molar-refractivity contribution in [3.8, 4) is 0 Å². The fourth-order valence-electron chi connectivity index (χ4n) is 3.42. The van der Waals surface area contributed by atoms with Gasteiger partial charge in [0.05, 0.1) is 6.54 Å². The number of carboxylic acid groups (broad SMARTS) is 1. The minimum absolute atomic E-state index is 0.00586. The van der Waals surface area contributed by atoms with Gasteiger partial charge in [0, 0.05) is 29.3 Å². The van der Waals surface area contributed by atoms with E-state index in [1.807, 2.05) is 38.1 Å². The van der Waals surface area contributed by atoms with Crippen LogP contribution >= 0.6 is 12.6 Å². The Kier molecular flexibility index (Phi) is 9.74. The third-order valence-electron chi connectivity index (χ3n) is 5.07. The molecule has 180 valence electrons. The quantitative estimate of drug-likeness (QED) is 0.215. The summed E-state index contributed by atoms with van der Waals surface area (Å²) in [7, 11) is 0. The average molecular weight is 478 g/mol. The summed E-state index contributed by atoms with van der Waals surface area (Å²) in [4.78, 5) is 52.1. The zero-order valence-corrected chi connectivity index (χ0v) is 19.5. The summed E-state index contributed by atoms with van der Waals surface area (Å²) in [6, 6.07) is 4.31. The van der Waals surface area contributed by atoms with Crippen molar-refractivity contribution in [1.82, 2.24) is 20.9 Å². The Hall–Kier alpha value is -3.05. The smallest absolute Gasteiger partial charge is 0.326 e. The number of para-hydroxylation sites is 1. The van der Waals surface area contributed by atoms with E-state index in [9.17, 15) is 24.3 Å².